The SMILES string of the molecule is CCCOCc1noc([C@@H]2CC=CC[C@@H]2C(=O)O)n1. The summed E-state index contributed by atoms with van der Waals surface area (Å²) in [5.41, 5.74) is 0. The van der Waals surface area contributed by atoms with E-state index in [0.717, 1.165) is 6.42 Å². The van der Waals surface area contributed by atoms with E-state index in [1.807, 2.05) is 19.1 Å². The molecule has 0 bridgehead atoms. The maximum atomic E-state index is 11.2. The third-order valence-corrected chi connectivity index (χ3v) is 3.13. The summed E-state index contributed by atoms with van der Waals surface area (Å²) < 4.78 is 10.5. The minimum atomic E-state index is -0.823. The third-order valence-electron chi connectivity index (χ3n) is 3.13. The van der Waals surface area contributed by atoms with Crippen molar-refractivity contribution in [3.8, 4) is 0 Å². The second-order valence-corrected chi connectivity index (χ2v) is 4.60. The maximum absolute atomic E-state index is 11.2. The van der Waals surface area contributed by atoms with Crippen LogP contribution in [0.2, 0.25) is 0 Å². The van der Waals surface area contributed by atoms with Crippen molar-refractivity contribution in [3.05, 3.63) is 23.9 Å². The zero-order valence-electron chi connectivity index (χ0n) is 10.9. The molecule has 1 aromatic heterocycles. The number of allylic oxidation sites excluding steroid dienone is 2. The fourth-order valence-electron chi connectivity index (χ4n) is 2.14. The molecule has 6 heteroatoms. The molecule has 0 saturated heterocycles. The van der Waals surface area contributed by atoms with Gasteiger partial charge in [-0.1, -0.05) is 24.2 Å². The van der Waals surface area contributed by atoms with Crippen LogP contribution in [0.1, 0.15) is 43.8 Å². The predicted octanol–water partition coefficient (Wildman–Crippen LogP) is 2.13. The number of rotatable bonds is 6. The van der Waals surface area contributed by atoms with E-state index in [-0.39, 0.29) is 5.92 Å². The van der Waals surface area contributed by atoms with Crippen LogP contribution in [0.5, 0.6) is 0 Å². The highest BCUT2D eigenvalue weighted by Crippen LogP contribution is 2.33. The molecule has 0 aromatic carbocycles. The third kappa shape index (κ3) is 3.41. The monoisotopic (exact) mass is 266 g/mol. The van der Waals surface area contributed by atoms with Crippen molar-refractivity contribution >= 4 is 5.97 Å². The minimum Gasteiger partial charge on any atom is -0.481 e. The van der Waals surface area contributed by atoms with E-state index in [1.54, 1.807) is 0 Å². The van der Waals surface area contributed by atoms with Crippen molar-refractivity contribution in [1.29, 1.82) is 0 Å². The summed E-state index contributed by atoms with van der Waals surface area (Å²) in [6.07, 6.45) is 5.90. The van der Waals surface area contributed by atoms with Crippen LogP contribution in [0.4, 0.5) is 0 Å². The molecule has 0 unspecified atom stereocenters. The number of hydrogen-bond donors (Lipinski definition) is 1. The average Bonchev–Trinajstić information content (AvgIpc) is 2.88. The smallest absolute Gasteiger partial charge is 0.307 e. The van der Waals surface area contributed by atoms with Crippen LogP contribution in [0, 0.1) is 5.92 Å². The second-order valence-electron chi connectivity index (χ2n) is 4.60. The molecule has 6 nitrogen and oxygen atoms in total. The first-order valence-electron chi connectivity index (χ1n) is 6.50. The van der Waals surface area contributed by atoms with Crippen LogP contribution in [0.15, 0.2) is 16.7 Å². The lowest BCUT2D eigenvalue weighted by Crippen LogP contribution is -2.23. The molecule has 0 radical (unpaired) electrons. The summed E-state index contributed by atoms with van der Waals surface area (Å²) in [6.45, 7) is 2.97. The maximum Gasteiger partial charge on any atom is 0.307 e. The molecule has 19 heavy (non-hydrogen) atoms. The predicted molar refractivity (Wildman–Crippen MR) is 66.5 cm³/mol. The Morgan fingerprint density at radius 1 is 1.53 bits per heavy atom. The standard InChI is InChI=1S/C13H18N2O4/c1-2-7-18-8-11-14-12(19-15-11)9-5-3-4-6-10(9)13(16)17/h3-4,9-10H,2,5-8H2,1H3,(H,16,17)/t9-,10+/m1/s1. The van der Waals surface area contributed by atoms with Crippen LogP contribution in [-0.2, 0) is 16.1 Å². The number of aromatic nitrogens is 2. The van der Waals surface area contributed by atoms with Gasteiger partial charge in [0.15, 0.2) is 5.82 Å². The first-order valence-corrected chi connectivity index (χ1v) is 6.50. The van der Waals surface area contributed by atoms with E-state index in [1.165, 1.54) is 0 Å². The molecule has 1 heterocycles. The largest absolute Gasteiger partial charge is 0.481 e. The summed E-state index contributed by atoms with van der Waals surface area (Å²) >= 11 is 0. The van der Waals surface area contributed by atoms with Crippen molar-refractivity contribution in [2.45, 2.75) is 38.7 Å². The molecule has 1 aromatic rings. The summed E-state index contributed by atoms with van der Waals surface area (Å²) in [5, 5.41) is 13.0. The molecular formula is C13H18N2O4. The Morgan fingerprint density at radius 3 is 3.05 bits per heavy atom. The van der Waals surface area contributed by atoms with Gasteiger partial charge in [-0.3, -0.25) is 4.79 Å². The van der Waals surface area contributed by atoms with Crippen LogP contribution in [0.3, 0.4) is 0 Å². The fourth-order valence-corrected chi connectivity index (χ4v) is 2.14. The Kier molecular flexibility index (Phi) is 4.68. The first-order chi connectivity index (χ1) is 9.22. The van der Waals surface area contributed by atoms with E-state index < -0.39 is 11.9 Å². The van der Waals surface area contributed by atoms with E-state index in [2.05, 4.69) is 10.1 Å². The van der Waals surface area contributed by atoms with E-state index in [9.17, 15) is 9.90 Å². The van der Waals surface area contributed by atoms with Gasteiger partial charge in [0.05, 0.1) is 11.8 Å². The van der Waals surface area contributed by atoms with Crippen LogP contribution in [0.25, 0.3) is 0 Å². The summed E-state index contributed by atoms with van der Waals surface area (Å²) in [7, 11) is 0. The van der Waals surface area contributed by atoms with Crippen LogP contribution in [-0.4, -0.2) is 27.8 Å². The molecule has 0 fully saturated rings. The van der Waals surface area contributed by atoms with E-state index >= 15 is 0 Å². The van der Waals surface area contributed by atoms with Gasteiger partial charge in [-0.25, -0.2) is 0 Å². The Balaban J connectivity index is 2.04. The van der Waals surface area contributed by atoms with Crippen molar-refractivity contribution in [1.82, 2.24) is 10.1 Å². The summed E-state index contributed by atoms with van der Waals surface area (Å²) in [5.74, 6) is -0.685. The van der Waals surface area contributed by atoms with Crippen molar-refractivity contribution in [2.75, 3.05) is 6.61 Å². The number of aliphatic carboxylic acids is 1. The number of carboxylic acids is 1. The molecule has 0 spiro atoms. The number of ether oxygens (including phenoxy) is 1. The molecular weight excluding hydrogens is 248 g/mol. The highest BCUT2D eigenvalue weighted by atomic mass is 16.5. The molecule has 2 rings (SSSR count). The molecule has 0 saturated carbocycles. The summed E-state index contributed by atoms with van der Waals surface area (Å²) in [6, 6.07) is 0. The van der Waals surface area contributed by atoms with Gasteiger partial charge in [-0.2, -0.15) is 4.98 Å². The van der Waals surface area contributed by atoms with Crippen LogP contribution < -0.4 is 0 Å². The molecule has 104 valence electrons. The highest BCUT2D eigenvalue weighted by Gasteiger charge is 2.33. The molecule has 2 atom stereocenters. The van der Waals surface area contributed by atoms with E-state index in [0.29, 0.717) is 37.8 Å². The summed E-state index contributed by atoms with van der Waals surface area (Å²) in [4.78, 5) is 15.4. The highest BCUT2D eigenvalue weighted by molar-refractivity contribution is 5.71. The zero-order chi connectivity index (χ0) is 13.7. The van der Waals surface area contributed by atoms with Gasteiger partial charge in [0.2, 0.25) is 5.89 Å². The number of hydrogen-bond acceptors (Lipinski definition) is 5. The van der Waals surface area contributed by atoms with Gasteiger partial charge >= 0.3 is 5.97 Å². The Morgan fingerprint density at radius 2 is 2.32 bits per heavy atom. The van der Waals surface area contributed by atoms with Gasteiger partial charge in [-0.05, 0) is 19.3 Å². The topological polar surface area (TPSA) is 85.5 Å². The molecule has 0 aliphatic heterocycles. The quantitative estimate of drug-likeness (QED) is 0.627. The number of nitrogens with zero attached hydrogens (tertiary/aromatic N) is 2. The van der Waals surface area contributed by atoms with Gasteiger partial charge in [0.1, 0.15) is 6.61 Å². The second kappa shape index (κ2) is 6.47. The zero-order valence-corrected chi connectivity index (χ0v) is 10.9. The minimum absolute atomic E-state index is 0.241. The van der Waals surface area contributed by atoms with Gasteiger partial charge in [-0.15, -0.1) is 0 Å². The lowest BCUT2D eigenvalue weighted by Gasteiger charge is -2.21. The fraction of sp³-hybridized carbons (Fsp3) is 0.615. The normalized spacial score (nSPS) is 22.6. The average molecular weight is 266 g/mol. The van der Waals surface area contributed by atoms with Gasteiger partial charge in [0.25, 0.3) is 0 Å². The molecule has 1 aliphatic carbocycles. The molecule has 1 N–H and O–H groups in total. The lowest BCUT2D eigenvalue weighted by molar-refractivity contribution is -0.142. The van der Waals surface area contributed by atoms with E-state index in [4.69, 9.17) is 9.26 Å². The first kappa shape index (κ1) is 13.7. The lowest BCUT2D eigenvalue weighted by atomic mass is 9.83. The molecule has 0 amide bonds. The Hall–Kier alpha value is -1.69. The van der Waals surface area contributed by atoms with Crippen molar-refractivity contribution in [2.24, 2.45) is 5.92 Å². The van der Waals surface area contributed by atoms with Crippen molar-refractivity contribution in [3.63, 3.8) is 0 Å². The Labute approximate surface area is 111 Å². The van der Waals surface area contributed by atoms with Gasteiger partial charge < -0.3 is 14.4 Å². The number of carboxylic acid groups (broad SMARTS) is 1. The number of carbonyl (C=O) groups is 1. The van der Waals surface area contributed by atoms with Crippen LogP contribution >= 0.6 is 0 Å². The van der Waals surface area contributed by atoms with Crippen molar-refractivity contribution < 1.29 is 19.2 Å². The Bertz CT molecular complexity index is 455. The molecule has 1 aliphatic rings. The van der Waals surface area contributed by atoms with Gasteiger partial charge in [0, 0.05) is 6.61 Å².